The number of hydrogen-bond acceptors (Lipinski definition) is 3. The molecule has 2 aromatic rings. The molecule has 0 bridgehead atoms. The summed E-state index contributed by atoms with van der Waals surface area (Å²) in [7, 11) is 0. The van der Waals surface area contributed by atoms with Gasteiger partial charge >= 0.3 is 0 Å². The van der Waals surface area contributed by atoms with Crippen molar-refractivity contribution in [3.05, 3.63) is 71.8 Å². The van der Waals surface area contributed by atoms with Crippen molar-refractivity contribution in [2.75, 3.05) is 13.2 Å². The Balaban J connectivity index is 1.31. The van der Waals surface area contributed by atoms with Gasteiger partial charge in [-0.05, 0) is 75.3 Å². The Morgan fingerprint density at radius 3 is 1.49 bits per heavy atom. The molecule has 0 amide bonds. The van der Waals surface area contributed by atoms with Gasteiger partial charge in [0.25, 0.3) is 0 Å². The lowest BCUT2D eigenvalue weighted by Gasteiger charge is -2.25. The molecule has 2 saturated heterocycles. The monoisotopic (exact) mass is 494 g/mol. The summed E-state index contributed by atoms with van der Waals surface area (Å²) < 4.78 is 11.7. The third-order valence-electron chi connectivity index (χ3n) is 7.65. The Morgan fingerprint density at radius 1 is 0.629 bits per heavy atom. The smallest absolute Gasteiger partial charge is 0.0576 e. The van der Waals surface area contributed by atoms with E-state index in [1.807, 2.05) is 0 Å². The van der Waals surface area contributed by atoms with E-state index in [4.69, 9.17) is 9.47 Å². The Hall–Kier alpha value is -1.29. The lowest BCUT2D eigenvalue weighted by atomic mass is 10.0. The highest BCUT2D eigenvalue weighted by molar-refractivity contribution is 8.00. The largest absolute Gasteiger partial charge is 0.378 e. The van der Waals surface area contributed by atoms with Crippen molar-refractivity contribution in [1.82, 2.24) is 0 Å². The van der Waals surface area contributed by atoms with Gasteiger partial charge in [0, 0.05) is 23.7 Å². The molecule has 0 saturated carbocycles. The summed E-state index contributed by atoms with van der Waals surface area (Å²) in [5.41, 5.74) is 2.97. The third-order valence-corrected chi connectivity index (χ3v) is 9.22. The SMILES string of the molecule is c1ccc(CC(CCCCC2CCCO2)SC(CCCCC2CCCO2)Cc2ccccc2)cc1. The van der Waals surface area contributed by atoms with E-state index in [1.54, 1.807) is 0 Å². The molecule has 0 radical (unpaired) electrons. The van der Waals surface area contributed by atoms with Gasteiger partial charge in [-0.1, -0.05) is 86.3 Å². The average Bonchev–Trinajstić information content (AvgIpc) is 3.60. The quantitative estimate of drug-likeness (QED) is 0.218. The van der Waals surface area contributed by atoms with Crippen LogP contribution in [0.1, 0.15) is 88.2 Å². The van der Waals surface area contributed by atoms with Crippen LogP contribution in [0.4, 0.5) is 0 Å². The summed E-state index contributed by atoms with van der Waals surface area (Å²) in [4.78, 5) is 0. The van der Waals surface area contributed by atoms with E-state index < -0.39 is 0 Å². The second kappa shape index (κ2) is 15.7. The van der Waals surface area contributed by atoms with E-state index in [0.717, 1.165) is 13.2 Å². The number of thioether (sulfide) groups is 1. The van der Waals surface area contributed by atoms with Crippen LogP contribution in [0.15, 0.2) is 60.7 Å². The van der Waals surface area contributed by atoms with E-state index in [2.05, 4.69) is 72.4 Å². The molecule has 2 aliphatic rings. The summed E-state index contributed by atoms with van der Waals surface area (Å²) in [5, 5.41) is 1.38. The molecule has 35 heavy (non-hydrogen) atoms. The molecule has 0 aromatic heterocycles. The standard InChI is InChI=1S/C32H46O2S/c1-3-13-27(14-4-1)25-31(21-9-7-17-29-19-11-23-33-29)35-32(26-28-15-5-2-6-16-28)22-10-8-18-30-20-12-24-34-30/h1-6,13-16,29-32H,7-12,17-26H2. The first-order valence-electron chi connectivity index (χ1n) is 14.3. The van der Waals surface area contributed by atoms with Crippen molar-refractivity contribution in [3.8, 4) is 0 Å². The molecule has 2 aliphatic heterocycles. The van der Waals surface area contributed by atoms with Gasteiger partial charge < -0.3 is 9.47 Å². The van der Waals surface area contributed by atoms with Crippen molar-refractivity contribution in [3.63, 3.8) is 0 Å². The fraction of sp³-hybridized carbons (Fsp3) is 0.625. The zero-order chi connectivity index (χ0) is 24.0. The molecule has 4 atom stereocenters. The van der Waals surface area contributed by atoms with Crippen LogP contribution < -0.4 is 0 Å². The Bertz CT molecular complexity index is 716. The molecule has 0 spiro atoms. The number of benzene rings is 2. The van der Waals surface area contributed by atoms with Gasteiger partial charge in [-0.3, -0.25) is 0 Å². The molecule has 2 aromatic carbocycles. The molecule has 4 unspecified atom stereocenters. The summed E-state index contributed by atoms with van der Waals surface area (Å²) in [6, 6.07) is 22.3. The van der Waals surface area contributed by atoms with E-state index in [9.17, 15) is 0 Å². The Kier molecular flexibility index (Phi) is 12.0. The second-order valence-electron chi connectivity index (χ2n) is 10.6. The third kappa shape index (κ3) is 10.3. The Morgan fingerprint density at radius 2 is 1.09 bits per heavy atom. The van der Waals surface area contributed by atoms with E-state index in [1.165, 1.54) is 101 Å². The Labute approximate surface area is 218 Å². The van der Waals surface area contributed by atoms with Crippen LogP contribution in [-0.2, 0) is 22.3 Å². The highest BCUT2D eigenvalue weighted by Gasteiger charge is 2.20. The molecule has 2 nitrogen and oxygen atoms in total. The van der Waals surface area contributed by atoms with Crippen molar-refractivity contribution in [2.24, 2.45) is 0 Å². The number of hydrogen-bond donors (Lipinski definition) is 0. The summed E-state index contributed by atoms with van der Waals surface area (Å²) in [5.74, 6) is 0. The molecule has 0 N–H and O–H groups in total. The van der Waals surface area contributed by atoms with Crippen molar-refractivity contribution < 1.29 is 9.47 Å². The maximum absolute atomic E-state index is 5.86. The number of rotatable bonds is 16. The minimum atomic E-state index is 0.532. The van der Waals surface area contributed by atoms with Gasteiger partial charge in [0.1, 0.15) is 0 Å². The molecular formula is C32H46O2S. The van der Waals surface area contributed by atoms with Crippen LogP contribution in [0.5, 0.6) is 0 Å². The number of ether oxygens (including phenoxy) is 2. The van der Waals surface area contributed by atoms with Gasteiger partial charge in [0.15, 0.2) is 0 Å². The van der Waals surface area contributed by atoms with Gasteiger partial charge in [-0.25, -0.2) is 0 Å². The first-order chi connectivity index (χ1) is 17.3. The lowest BCUT2D eigenvalue weighted by Crippen LogP contribution is -2.17. The zero-order valence-corrected chi connectivity index (χ0v) is 22.4. The van der Waals surface area contributed by atoms with Crippen LogP contribution in [0.25, 0.3) is 0 Å². The molecule has 0 aliphatic carbocycles. The summed E-state index contributed by atoms with van der Waals surface area (Å²) >= 11 is 2.28. The van der Waals surface area contributed by atoms with Crippen molar-refractivity contribution in [1.29, 1.82) is 0 Å². The predicted molar refractivity (Wildman–Crippen MR) is 150 cm³/mol. The van der Waals surface area contributed by atoms with Crippen LogP contribution in [-0.4, -0.2) is 35.9 Å². The van der Waals surface area contributed by atoms with E-state index >= 15 is 0 Å². The topological polar surface area (TPSA) is 18.5 Å². The maximum atomic E-state index is 5.86. The maximum Gasteiger partial charge on any atom is 0.0576 e. The fourth-order valence-electron chi connectivity index (χ4n) is 5.69. The molecule has 3 heteroatoms. The lowest BCUT2D eigenvalue weighted by molar-refractivity contribution is 0.102. The number of unbranched alkanes of at least 4 members (excludes halogenated alkanes) is 2. The first kappa shape index (κ1) is 26.8. The minimum absolute atomic E-state index is 0.532. The van der Waals surface area contributed by atoms with Crippen LogP contribution in [0.3, 0.4) is 0 Å². The van der Waals surface area contributed by atoms with Crippen molar-refractivity contribution >= 4 is 11.8 Å². The average molecular weight is 495 g/mol. The molecule has 4 rings (SSSR count). The van der Waals surface area contributed by atoms with Gasteiger partial charge in [0.2, 0.25) is 0 Å². The normalized spacial score (nSPS) is 21.8. The molecule has 2 fully saturated rings. The molecule has 2 heterocycles. The summed E-state index contributed by atoms with van der Waals surface area (Å²) in [6.45, 7) is 1.95. The highest BCUT2D eigenvalue weighted by atomic mass is 32.2. The van der Waals surface area contributed by atoms with Gasteiger partial charge in [-0.2, -0.15) is 11.8 Å². The van der Waals surface area contributed by atoms with Crippen LogP contribution in [0, 0.1) is 0 Å². The molecule has 192 valence electrons. The molecular weight excluding hydrogens is 448 g/mol. The minimum Gasteiger partial charge on any atom is -0.378 e. The van der Waals surface area contributed by atoms with E-state index in [0.29, 0.717) is 22.7 Å². The first-order valence-corrected chi connectivity index (χ1v) is 15.3. The van der Waals surface area contributed by atoms with Crippen molar-refractivity contribution in [2.45, 2.75) is 113 Å². The van der Waals surface area contributed by atoms with Crippen LogP contribution in [0.2, 0.25) is 0 Å². The van der Waals surface area contributed by atoms with E-state index in [-0.39, 0.29) is 0 Å². The summed E-state index contributed by atoms with van der Waals surface area (Å²) in [6.07, 6.45) is 18.9. The van der Waals surface area contributed by atoms with Gasteiger partial charge in [-0.15, -0.1) is 0 Å². The van der Waals surface area contributed by atoms with Gasteiger partial charge in [0.05, 0.1) is 12.2 Å². The van der Waals surface area contributed by atoms with Crippen LogP contribution >= 0.6 is 11.8 Å². The highest BCUT2D eigenvalue weighted by Crippen LogP contribution is 2.32. The fourth-order valence-corrected chi connectivity index (χ4v) is 7.42. The second-order valence-corrected chi connectivity index (χ2v) is 12.2. The predicted octanol–water partition coefficient (Wildman–Crippen LogP) is 8.42. The zero-order valence-electron chi connectivity index (χ0n) is 21.6.